The number of hydrogen-bond donors (Lipinski definition) is 1. The first-order valence-electron chi connectivity index (χ1n) is 8.21. The van der Waals surface area contributed by atoms with E-state index in [4.69, 9.17) is 0 Å². The smallest absolute Gasteiger partial charge is 0.268 e. The Morgan fingerprint density at radius 3 is 2.32 bits per heavy atom. The molecule has 0 fully saturated rings. The number of aromatic nitrogens is 3. The lowest BCUT2D eigenvalue weighted by atomic mass is 10.1. The molecule has 6 nitrogen and oxygen atoms in total. The van der Waals surface area contributed by atoms with E-state index in [0.717, 1.165) is 35.5 Å². The molecular weight excluding hydrogens is 393 g/mol. The number of aryl methyl sites for hydroxylation is 1. The number of alkyl halides is 3. The Kier molecular flexibility index (Phi) is 5.52. The number of rotatable bonds is 6. The van der Waals surface area contributed by atoms with E-state index >= 15 is 0 Å². The highest BCUT2D eigenvalue weighted by atomic mass is 32.2. The van der Waals surface area contributed by atoms with Gasteiger partial charge in [-0.15, -0.1) is 0 Å². The molecule has 2 aromatic heterocycles. The van der Waals surface area contributed by atoms with E-state index in [1.54, 1.807) is 30.2 Å². The van der Waals surface area contributed by atoms with Gasteiger partial charge in [-0.3, -0.25) is 9.67 Å². The third kappa shape index (κ3) is 4.96. The van der Waals surface area contributed by atoms with Crippen LogP contribution in [0, 0.1) is 0 Å². The Morgan fingerprint density at radius 1 is 1.07 bits per heavy atom. The fourth-order valence-electron chi connectivity index (χ4n) is 2.65. The summed E-state index contributed by atoms with van der Waals surface area (Å²) in [6, 6.07) is 9.44. The predicted octanol–water partition coefficient (Wildman–Crippen LogP) is 3.12. The number of hydrogen-bond acceptors (Lipinski definition) is 4. The van der Waals surface area contributed by atoms with Gasteiger partial charge in [0.25, 0.3) is 0 Å². The van der Waals surface area contributed by atoms with E-state index in [1.165, 1.54) is 0 Å². The molecule has 28 heavy (non-hydrogen) atoms. The monoisotopic (exact) mass is 410 g/mol. The molecule has 3 aromatic rings. The van der Waals surface area contributed by atoms with Crippen molar-refractivity contribution in [3.63, 3.8) is 0 Å². The minimum absolute atomic E-state index is 0.0259. The summed E-state index contributed by atoms with van der Waals surface area (Å²) in [6.45, 7) is -0.0259. The lowest BCUT2D eigenvalue weighted by Gasteiger charge is -2.08. The number of halogens is 3. The van der Waals surface area contributed by atoms with Crippen LogP contribution < -0.4 is 4.72 Å². The van der Waals surface area contributed by atoms with Crippen LogP contribution in [0.2, 0.25) is 0 Å². The largest absolute Gasteiger partial charge is 0.416 e. The van der Waals surface area contributed by atoms with Crippen LogP contribution in [-0.4, -0.2) is 23.2 Å². The molecule has 0 radical (unpaired) electrons. The first-order chi connectivity index (χ1) is 13.1. The summed E-state index contributed by atoms with van der Waals surface area (Å²) >= 11 is 0. The average Bonchev–Trinajstić information content (AvgIpc) is 3.01. The minimum Gasteiger partial charge on any atom is -0.268 e. The van der Waals surface area contributed by atoms with Crippen LogP contribution in [0.5, 0.6) is 0 Å². The van der Waals surface area contributed by atoms with Crippen LogP contribution in [0.15, 0.2) is 54.9 Å². The van der Waals surface area contributed by atoms with Crippen LogP contribution in [0.25, 0.3) is 11.3 Å². The Labute approximate surface area is 160 Å². The van der Waals surface area contributed by atoms with Crippen molar-refractivity contribution in [2.24, 2.45) is 7.05 Å². The van der Waals surface area contributed by atoms with E-state index in [-0.39, 0.29) is 12.1 Å². The summed E-state index contributed by atoms with van der Waals surface area (Å²) in [6.07, 6.45) is -1.16. The normalized spacial score (nSPS) is 12.3. The van der Waals surface area contributed by atoms with Crippen LogP contribution >= 0.6 is 0 Å². The molecule has 0 unspecified atom stereocenters. The Balaban J connectivity index is 1.65. The summed E-state index contributed by atoms with van der Waals surface area (Å²) in [5.74, 6) is -0.421. The molecule has 1 aromatic carbocycles. The zero-order valence-corrected chi connectivity index (χ0v) is 15.6. The third-order valence-corrected chi connectivity index (χ3v) is 5.32. The molecule has 3 rings (SSSR count). The molecule has 0 atom stereocenters. The molecule has 0 aliphatic carbocycles. The predicted molar refractivity (Wildman–Crippen MR) is 97.3 cm³/mol. The SMILES string of the molecule is Cn1nc(CNS(=O)(=O)Cc2ccc(C(F)(F)F)cc2)cc1-c1ccncc1. The van der Waals surface area contributed by atoms with Crippen molar-refractivity contribution >= 4 is 10.0 Å². The average molecular weight is 410 g/mol. The van der Waals surface area contributed by atoms with Gasteiger partial charge in [0.15, 0.2) is 0 Å². The van der Waals surface area contributed by atoms with Gasteiger partial charge in [-0.2, -0.15) is 18.3 Å². The maximum absolute atomic E-state index is 12.6. The van der Waals surface area contributed by atoms with E-state index in [9.17, 15) is 21.6 Å². The second-order valence-electron chi connectivity index (χ2n) is 6.16. The second-order valence-corrected chi connectivity index (χ2v) is 7.96. The van der Waals surface area contributed by atoms with Crippen molar-refractivity contribution in [1.29, 1.82) is 0 Å². The highest BCUT2D eigenvalue weighted by molar-refractivity contribution is 7.88. The third-order valence-electron chi connectivity index (χ3n) is 4.02. The summed E-state index contributed by atoms with van der Waals surface area (Å²) in [5.41, 5.74) is 1.66. The molecule has 0 spiro atoms. The topological polar surface area (TPSA) is 76.9 Å². The number of pyridine rings is 1. The molecule has 0 aliphatic heterocycles. The quantitative estimate of drug-likeness (QED) is 0.678. The molecule has 148 valence electrons. The Bertz CT molecular complexity index is 1050. The lowest BCUT2D eigenvalue weighted by molar-refractivity contribution is -0.137. The number of nitrogens with zero attached hydrogens (tertiary/aromatic N) is 3. The number of sulfonamides is 1. The Morgan fingerprint density at radius 2 is 1.71 bits per heavy atom. The first kappa shape index (κ1) is 20.0. The second kappa shape index (κ2) is 7.72. The highest BCUT2D eigenvalue weighted by Crippen LogP contribution is 2.29. The summed E-state index contributed by atoms with van der Waals surface area (Å²) < 4.78 is 66.3. The fraction of sp³-hybridized carbons (Fsp3) is 0.222. The zero-order chi connectivity index (χ0) is 20.4. The van der Waals surface area contributed by atoms with Crippen molar-refractivity contribution in [2.75, 3.05) is 0 Å². The van der Waals surface area contributed by atoms with Gasteiger partial charge < -0.3 is 0 Å². The van der Waals surface area contributed by atoms with Crippen molar-refractivity contribution in [1.82, 2.24) is 19.5 Å². The van der Waals surface area contributed by atoms with Crippen molar-refractivity contribution < 1.29 is 21.6 Å². The molecule has 0 saturated carbocycles. The van der Waals surface area contributed by atoms with Crippen molar-refractivity contribution in [3.8, 4) is 11.3 Å². The number of benzene rings is 1. The fourth-order valence-corrected chi connectivity index (χ4v) is 3.75. The van der Waals surface area contributed by atoms with Gasteiger partial charge in [-0.25, -0.2) is 13.1 Å². The maximum Gasteiger partial charge on any atom is 0.416 e. The van der Waals surface area contributed by atoms with Gasteiger partial charge in [-0.05, 0) is 35.9 Å². The van der Waals surface area contributed by atoms with Crippen LogP contribution in [0.3, 0.4) is 0 Å². The molecule has 2 heterocycles. The van der Waals surface area contributed by atoms with Gasteiger partial charge in [0.2, 0.25) is 10.0 Å². The van der Waals surface area contributed by atoms with E-state index in [1.807, 2.05) is 12.1 Å². The van der Waals surface area contributed by atoms with Gasteiger partial charge in [0.1, 0.15) is 0 Å². The van der Waals surface area contributed by atoms with Gasteiger partial charge in [0, 0.05) is 25.0 Å². The summed E-state index contributed by atoms with van der Waals surface area (Å²) in [7, 11) is -1.99. The highest BCUT2D eigenvalue weighted by Gasteiger charge is 2.30. The molecule has 0 aliphatic rings. The molecule has 0 amide bonds. The van der Waals surface area contributed by atoms with Gasteiger partial charge in [0.05, 0.1) is 29.2 Å². The molecule has 10 heteroatoms. The number of nitrogens with one attached hydrogen (secondary N) is 1. The standard InChI is InChI=1S/C18H17F3N4O2S/c1-25-17(14-6-8-22-9-7-14)10-16(24-25)11-23-28(26,27)12-13-2-4-15(5-3-13)18(19,20)21/h2-10,23H,11-12H2,1H3. The van der Waals surface area contributed by atoms with Gasteiger partial charge in [-0.1, -0.05) is 12.1 Å². The van der Waals surface area contributed by atoms with E-state index in [2.05, 4.69) is 14.8 Å². The maximum atomic E-state index is 12.6. The van der Waals surface area contributed by atoms with E-state index in [0.29, 0.717) is 5.69 Å². The van der Waals surface area contributed by atoms with Crippen LogP contribution in [-0.2, 0) is 35.5 Å². The molecule has 0 saturated heterocycles. The Hall–Kier alpha value is -2.72. The lowest BCUT2D eigenvalue weighted by Crippen LogP contribution is -2.25. The molecular formula is C18H17F3N4O2S. The zero-order valence-electron chi connectivity index (χ0n) is 14.8. The minimum atomic E-state index is -4.46. The van der Waals surface area contributed by atoms with Crippen molar-refractivity contribution in [3.05, 3.63) is 71.7 Å². The van der Waals surface area contributed by atoms with Gasteiger partial charge >= 0.3 is 6.18 Å². The van der Waals surface area contributed by atoms with Crippen molar-refractivity contribution in [2.45, 2.75) is 18.5 Å². The first-order valence-corrected chi connectivity index (χ1v) is 9.86. The summed E-state index contributed by atoms with van der Waals surface area (Å²) in [4.78, 5) is 3.95. The van der Waals surface area contributed by atoms with Crippen LogP contribution in [0.4, 0.5) is 13.2 Å². The molecule has 1 N–H and O–H groups in total. The van der Waals surface area contributed by atoms with Crippen LogP contribution in [0.1, 0.15) is 16.8 Å². The van der Waals surface area contributed by atoms with E-state index < -0.39 is 27.5 Å². The summed E-state index contributed by atoms with van der Waals surface area (Å²) in [5, 5.41) is 4.28. The molecule has 0 bridgehead atoms.